The van der Waals surface area contributed by atoms with Crippen LogP contribution in [0.3, 0.4) is 0 Å². The summed E-state index contributed by atoms with van der Waals surface area (Å²) < 4.78 is 4.59. The molecule has 0 amide bonds. The largest absolute Gasteiger partial charge is 0.309 e. The number of para-hydroxylation sites is 3. The fourth-order valence-corrected chi connectivity index (χ4v) is 8.69. The molecule has 0 bridgehead atoms. The molecule has 0 unspecified atom stereocenters. The van der Waals surface area contributed by atoms with E-state index in [4.69, 9.17) is 24.9 Å². The van der Waals surface area contributed by atoms with Crippen molar-refractivity contribution >= 4 is 54.5 Å². The second kappa shape index (κ2) is 13.7. The van der Waals surface area contributed by atoms with Crippen molar-refractivity contribution in [3.63, 3.8) is 0 Å². The van der Waals surface area contributed by atoms with Crippen LogP contribution in [0.1, 0.15) is 0 Å². The molecule has 7 nitrogen and oxygen atoms in total. The first kappa shape index (κ1) is 33.8. The van der Waals surface area contributed by atoms with Crippen molar-refractivity contribution in [2.24, 2.45) is 0 Å². The minimum Gasteiger partial charge on any atom is -0.309 e. The third kappa shape index (κ3) is 5.41. The van der Waals surface area contributed by atoms with Gasteiger partial charge in [-0.05, 0) is 54.6 Å². The van der Waals surface area contributed by atoms with Crippen LogP contribution in [-0.2, 0) is 0 Å². The molecule has 0 fully saturated rings. The van der Waals surface area contributed by atoms with Gasteiger partial charge in [0, 0.05) is 54.9 Å². The van der Waals surface area contributed by atoms with Crippen LogP contribution in [-0.4, -0.2) is 34.1 Å². The van der Waals surface area contributed by atoms with Gasteiger partial charge in [-0.1, -0.05) is 146 Å². The van der Waals surface area contributed by atoms with Crippen LogP contribution in [0.2, 0.25) is 0 Å². The predicted octanol–water partition coefficient (Wildman–Crippen LogP) is 12.7. The van der Waals surface area contributed by atoms with Crippen molar-refractivity contribution in [3.05, 3.63) is 200 Å². The van der Waals surface area contributed by atoms with Gasteiger partial charge >= 0.3 is 0 Å². The van der Waals surface area contributed by atoms with E-state index in [0.29, 0.717) is 23.4 Å². The molecule has 280 valence electrons. The molecule has 0 aliphatic heterocycles. The van der Waals surface area contributed by atoms with Crippen LogP contribution in [0.4, 0.5) is 0 Å². The van der Waals surface area contributed by atoms with E-state index < -0.39 is 0 Å². The summed E-state index contributed by atoms with van der Waals surface area (Å²) in [7, 11) is 0. The molecular formula is C53H33N7. The molecule has 7 heteroatoms. The lowest BCUT2D eigenvalue weighted by molar-refractivity contribution is 1.01. The van der Waals surface area contributed by atoms with Crippen molar-refractivity contribution in [2.45, 2.75) is 0 Å². The first-order valence-electron chi connectivity index (χ1n) is 20.0. The van der Waals surface area contributed by atoms with Crippen molar-refractivity contribution in [3.8, 4) is 57.1 Å². The van der Waals surface area contributed by atoms with E-state index in [1.54, 1.807) is 0 Å². The predicted molar refractivity (Wildman–Crippen MR) is 243 cm³/mol. The smallest absolute Gasteiger partial charge is 0.235 e. The van der Waals surface area contributed by atoms with Crippen LogP contribution in [0.15, 0.2) is 200 Å². The summed E-state index contributed by atoms with van der Waals surface area (Å²) in [4.78, 5) is 25.4. The zero-order chi connectivity index (χ0) is 39.6. The van der Waals surface area contributed by atoms with E-state index in [0.717, 1.165) is 72.0 Å². The van der Waals surface area contributed by atoms with Crippen LogP contribution in [0, 0.1) is 0 Å². The summed E-state index contributed by atoms with van der Waals surface area (Å²) in [5, 5.41) is 5.69. The van der Waals surface area contributed by atoms with Crippen LogP contribution in [0.25, 0.3) is 112 Å². The number of hydrogen-bond acceptors (Lipinski definition) is 5. The fraction of sp³-hybridized carbons (Fsp3) is 0. The van der Waals surface area contributed by atoms with Gasteiger partial charge in [0.15, 0.2) is 17.5 Å². The Morgan fingerprint density at radius 1 is 0.283 bits per heavy atom. The second-order valence-corrected chi connectivity index (χ2v) is 14.9. The summed E-state index contributed by atoms with van der Waals surface area (Å²) in [6.07, 6.45) is 0. The fourth-order valence-electron chi connectivity index (χ4n) is 8.69. The van der Waals surface area contributed by atoms with Gasteiger partial charge in [-0.25, -0.2) is 24.9 Å². The number of fused-ring (bicyclic) bond motifs is 8. The van der Waals surface area contributed by atoms with Gasteiger partial charge in [-0.15, -0.1) is 0 Å². The maximum atomic E-state index is 5.32. The number of rotatable bonds is 6. The molecule has 0 radical (unpaired) electrons. The molecule has 0 saturated carbocycles. The molecule has 4 heterocycles. The normalized spacial score (nSPS) is 11.7. The minimum atomic E-state index is 0.623. The van der Waals surface area contributed by atoms with E-state index in [1.165, 1.54) is 16.2 Å². The molecule has 12 aromatic rings. The van der Waals surface area contributed by atoms with Crippen molar-refractivity contribution < 1.29 is 0 Å². The number of nitrogens with zero attached hydrogens (tertiary/aromatic N) is 7. The van der Waals surface area contributed by atoms with E-state index in [-0.39, 0.29) is 0 Å². The quantitative estimate of drug-likeness (QED) is 0.168. The first-order valence-corrected chi connectivity index (χ1v) is 20.0. The van der Waals surface area contributed by atoms with E-state index >= 15 is 0 Å². The van der Waals surface area contributed by atoms with Crippen molar-refractivity contribution in [2.75, 3.05) is 0 Å². The highest BCUT2D eigenvalue weighted by molar-refractivity contribution is 6.28. The lowest BCUT2D eigenvalue weighted by Crippen LogP contribution is -2.03. The van der Waals surface area contributed by atoms with Crippen LogP contribution < -0.4 is 0 Å². The Balaban J connectivity index is 1.05. The highest BCUT2D eigenvalue weighted by Crippen LogP contribution is 2.42. The summed E-state index contributed by atoms with van der Waals surface area (Å²) in [6, 6.07) is 69.1. The molecule has 0 atom stereocenters. The highest BCUT2D eigenvalue weighted by atomic mass is 15.2. The Kier molecular flexibility index (Phi) is 7.71. The molecule has 12 rings (SSSR count). The molecule has 0 spiro atoms. The Morgan fingerprint density at radius 2 is 0.717 bits per heavy atom. The van der Waals surface area contributed by atoms with E-state index in [2.05, 4.69) is 137 Å². The first-order chi connectivity index (χ1) is 29.8. The summed E-state index contributed by atoms with van der Waals surface area (Å²) >= 11 is 0. The maximum absolute atomic E-state index is 5.32. The molecule has 60 heavy (non-hydrogen) atoms. The summed E-state index contributed by atoms with van der Waals surface area (Å²) in [5.74, 6) is 2.54. The monoisotopic (exact) mass is 767 g/mol. The molecule has 8 aromatic carbocycles. The third-order valence-corrected chi connectivity index (χ3v) is 11.4. The van der Waals surface area contributed by atoms with Gasteiger partial charge in [0.25, 0.3) is 0 Å². The lowest BCUT2D eigenvalue weighted by Gasteiger charge is -2.12. The van der Waals surface area contributed by atoms with Gasteiger partial charge in [-0.3, -0.25) is 4.57 Å². The van der Waals surface area contributed by atoms with E-state index in [1.807, 2.05) is 72.8 Å². The molecule has 0 saturated heterocycles. The summed E-state index contributed by atoms with van der Waals surface area (Å²) in [5.41, 5.74) is 11.0. The molecule has 0 N–H and O–H groups in total. The lowest BCUT2D eigenvalue weighted by atomic mass is 10.1. The molecule has 0 aliphatic rings. The zero-order valence-electron chi connectivity index (χ0n) is 32.2. The standard InChI is InChI=1S/C53H33N7/c1-4-16-34(17-5-1)49-39-22-10-13-25-42(39)54-53(55-49)60-44-27-15-12-24-41(44)48-46(60)33-32-45-47(48)40-23-11-14-26-43(40)59(45)38-30-28-37(29-31-38)52-57-50(35-18-6-2-7-19-35)56-51(58-52)36-20-8-3-9-21-36/h1-33H. The number of aromatic nitrogens is 7. The van der Waals surface area contributed by atoms with Gasteiger partial charge < -0.3 is 4.57 Å². The van der Waals surface area contributed by atoms with Gasteiger partial charge in [0.2, 0.25) is 5.95 Å². The average Bonchev–Trinajstić information content (AvgIpc) is 3.85. The highest BCUT2D eigenvalue weighted by Gasteiger charge is 2.22. The molecular weight excluding hydrogens is 735 g/mol. The number of benzene rings is 8. The zero-order valence-corrected chi connectivity index (χ0v) is 32.2. The van der Waals surface area contributed by atoms with Gasteiger partial charge in [0.05, 0.1) is 33.3 Å². The topological polar surface area (TPSA) is 74.3 Å². The molecule has 4 aromatic heterocycles. The average molecular weight is 768 g/mol. The van der Waals surface area contributed by atoms with Crippen LogP contribution >= 0.6 is 0 Å². The number of hydrogen-bond donors (Lipinski definition) is 0. The minimum absolute atomic E-state index is 0.623. The van der Waals surface area contributed by atoms with Gasteiger partial charge in [-0.2, -0.15) is 0 Å². The third-order valence-electron chi connectivity index (χ3n) is 11.4. The Hall–Kier alpha value is -8.29. The van der Waals surface area contributed by atoms with Crippen LogP contribution in [0.5, 0.6) is 0 Å². The Bertz CT molecular complexity index is 3520. The molecule has 0 aliphatic carbocycles. The summed E-state index contributed by atoms with van der Waals surface area (Å²) in [6.45, 7) is 0. The van der Waals surface area contributed by atoms with Gasteiger partial charge in [0.1, 0.15) is 0 Å². The van der Waals surface area contributed by atoms with Crippen molar-refractivity contribution in [1.82, 2.24) is 34.1 Å². The SMILES string of the molecule is c1ccc(-c2nc(-c3ccccc3)nc(-c3ccc(-n4c5ccccc5c5c6c7ccccc7n(-c7nc(-c8ccccc8)c8ccccc8n7)c6ccc54)cc3)n2)cc1. The van der Waals surface area contributed by atoms with E-state index in [9.17, 15) is 0 Å². The Morgan fingerprint density at radius 3 is 1.28 bits per heavy atom. The second-order valence-electron chi connectivity index (χ2n) is 14.9. The van der Waals surface area contributed by atoms with Crippen molar-refractivity contribution in [1.29, 1.82) is 0 Å². The Labute approximate surface area is 344 Å². The maximum Gasteiger partial charge on any atom is 0.235 e.